The monoisotopic (exact) mass is 601 g/mol. The van der Waals surface area contributed by atoms with E-state index in [2.05, 4.69) is 5.32 Å². The summed E-state index contributed by atoms with van der Waals surface area (Å²) >= 11 is 6.21. The van der Waals surface area contributed by atoms with Crippen molar-refractivity contribution in [1.82, 2.24) is 10.2 Å². The van der Waals surface area contributed by atoms with E-state index in [9.17, 15) is 18.0 Å². The summed E-state index contributed by atoms with van der Waals surface area (Å²) in [6.45, 7) is 3.61. The minimum absolute atomic E-state index is 0.0317. The average molecular weight is 602 g/mol. The molecule has 9 nitrogen and oxygen atoms in total. The van der Waals surface area contributed by atoms with Gasteiger partial charge in [-0.3, -0.25) is 13.9 Å². The largest absolute Gasteiger partial charge is 0.497 e. The highest BCUT2D eigenvalue weighted by atomic mass is 35.5. The van der Waals surface area contributed by atoms with Gasteiger partial charge in [-0.1, -0.05) is 43.1 Å². The molecule has 11 heteroatoms. The van der Waals surface area contributed by atoms with E-state index < -0.39 is 28.5 Å². The Bertz CT molecular complexity index is 1430. The van der Waals surface area contributed by atoms with Crippen molar-refractivity contribution in [2.75, 3.05) is 31.6 Å². The number of hydrogen-bond donors (Lipinski definition) is 1. The molecule has 0 aliphatic carbocycles. The number of amides is 2. The van der Waals surface area contributed by atoms with Crippen LogP contribution >= 0.6 is 11.6 Å². The lowest BCUT2D eigenvalue weighted by atomic mass is 10.1. The molecule has 0 bridgehead atoms. The number of sulfonamides is 1. The van der Waals surface area contributed by atoms with Crippen LogP contribution in [0.25, 0.3) is 0 Å². The summed E-state index contributed by atoms with van der Waals surface area (Å²) in [5.41, 5.74) is 0.932. The molecule has 3 aromatic carbocycles. The SMILES string of the molecule is CCCCNC(=O)[C@@H](C)N(Cc1cccc(OC)c1)C(=O)CN(c1cccc(Cl)c1)S(=O)(=O)c1ccc(OC)cc1. The van der Waals surface area contributed by atoms with Crippen LogP contribution in [0.5, 0.6) is 11.5 Å². The number of rotatable bonds is 14. The van der Waals surface area contributed by atoms with Crippen molar-refractivity contribution in [3.63, 3.8) is 0 Å². The molecule has 0 aromatic heterocycles. The number of methoxy groups -OCH3 is 2. The Hall–Kier alpha value is -3.76. The Labute approximate surface area is 247 Å². The average Bonchev–Trinajstić information content (AvgIpc) is 2.98. The number of halogens is 1. The molecule has 1 N–H and O–H groups in total. The first-order valence-electron chi connectivity index (χ1n) is 13.2. The summed E-state index contributed by atoms with van der Waals surface area (Å²) in [5.74, 6) is 0.185. The number of nitrogens with zero attached hydrogens (tertiary/aromatic N) is 2. The normalized spacial score (nSPS) is 11.8. The number of anilines is 1. The van der Waals surface area contributed by atoms with Crippen LogP contribution < -0.4 is 19.1 Å². The van der Waals surface area contributed by atoms with Crippen LogP contribution in [-0.4, -0.2) is 58.5 Å². The van der Waals surface area contributed by atoms with E-state index in [1.165, 1.54) is 42.3 Å². The minimum atomic E-state index is -4.22. The second-order valence-corrected chi connectivity index (χ2v) is 11.7. The van der Waals surface area contributed by atoms with Crippen molar-refractivity contribution in [2.24, 2.45) is 0 Å². The maximum absolute atomic E-state index is 14.0. The summed E-state index contributed by atoms with van der Waals surface area (Å²) in [6.07, 6.45) is 1.70. The van der Waals surface area contributed by atoms with Gasteiger partial charge in [-0.2, -0.15) is 0 Å². The van der Waals surface area contributed by atoms with Gasteiger partial charge in [0.1, 0.15) is 24.1 Å². The van der Waals surface area contributed by atoms with Gasteiger partial charge in [0.05, 0.1) is 24.8 Å². The molecule has 220 valence electrons. The number of unbranched alkanes of at least 4 members (excludes halogenated alkanes) is 1. The van der Waals surface area contributed by atoms with Crippen molar-refractivity contribution >= 4 is 39.1 Å². The standard InChI is InChI=1S/C30H36ClN3O6S/c1-5-6-17-32-30(36)22(2)33(20-23-9-7-12-27(18-23)40-4)29(35)21-34(25-11-8-10-24(31)19-25)41(37,38)28-15-13-26(39-3)14-16-28/h7-16,18-19,22H,5-6,17,20-21H2,1-4H3,(H,32,36)/t22-/m1/s1. The zero-order valence-electron chi connectivity index (χ0n) is 23.7. The lowest BCUT2D eigenvalue weighted by molar-refractivity contribution is -0.139. The summed E-state index contributed by atoms with van der Waals surface area (Å²) in [5, 5.41) is 3.17. The van der Waals surface area contributed by atoms with Crippen LogP contribution in [0.2, 0.25) is 5.02 Å². The topological polar surface area (TPSA) is 105 Å². The lowest BCUT2D eigenvalue weighted by Gasteiger charge is -2.32. The fourth-order valence-electron chi connectivity index (χ4n) is 4.12. The molecule has 1 atom stereocenters. The van der Waals surface area contributed by atoms with E-state index in [4.69, 9.17) is 21.1 Å². The Morgan fingerprint density at radius 1 is 0.951 bits per heavy atom. The molecular formula is C30H36ClN3O6S. The second-order valence-electron chi connectivity index (χ2n) is 9.36. The van der Waals surface area contributed by atoms with Gasteiger partial charge in [0.15, 0.2) is 0 Å². The Balaban J connectivity index is 2.01. The van der Waals surface area contributed by atoms with Gasteiger partial charge in [-0.15, -0.1) is 0 Å². The highest BCUT2D eigenvalue weighted by Gasteiger charge is 2.32. The van der Waals surface area contributed by atoms with E-state index in [1.54, 1.807) is 50.4 Å². The molecular weight excluding hydrogens is 566 g/mol. The molecule has 0 radical (unpaired) electrons. The van der Waals surface area contributed by atoms with Gasteiger partial charge in [0, 0.05) is 18.1 Å². The number of ether oxygens (including phenoxy) is 2. The molecule has 0 spiro atoms. The number of hydrogen-bond acceptors (Lipinski definition) is 6. The van der Waals surface area contributed by atoms with Gasteiger partial charge >= 0.3 is 0 Å². The van der Waals surface area contributed by atoms with Gasteiger partial charge in [-0.25, -0.2) is 8.42 Å². The predicted molar refractivity (Wildman–Crippen MR) is 160 cm³/mol. The number of nitrogens with one attached hydrogen (secondary N) is 1. The van der Waals surface area contributed by atoms with Gasteiger partial charge in [0.25, 0.3) is 10.0 Å². The third kappa shape index (κ3) is 8.37. The summed E-state index contributed by atoms with van der Waals surface area (Å²) < 4.78 is 39.3. The molecule has 2 amide bonds. The van der Waals surface area contributed by atoms with Crippen molar-refractivity contribution in [1.29, 1.82) is 0 Å². The second kappa shape index (κ2) is 14.7. The molecule has 0 aliphatic heterocycles. The smallest absolute Gasteiger partial charge is 0.264 e. The van der Waals surface area contributed by atoms with Crippen LogP contribution in [0.15, 0.2) is 77.7 Å². The zero-order chi connectivity index (χ0) is 30.0. The lowest BCUT2D eigenvalue weighted by Crippen LogP contribution is -2.51. The first-order chi connectivity index (χ1) is 19.6. The molecule has 0 fully saturated rings. The van der Waals surface area contributed by atoms with Crippen molar-refractivity contribution in [3.05, 3.63) is 83.4 Å². The van der Waals surface area contributed by atoms with Crippen molar-refractivity contribution in [3.8, 4) is 11.5 Å². The highest BCUT2D eigenvalue weighted by Crippen LogP contribution is 2.28. The fourth-order valence-corrected chi connectivity index (χ4v) is 5.71. The number of carbonyl (C=O) groups excluding carboxylic acids is 2. The molecule has 0 aliphatic rings. The maximum Gasteiger partial charge on any atom is 0.264 e. The summed E-state index contributed by atoms with van der Waals surface area (Å²) in [7, 11) is -1.20. The first-order valence-corrected chi connectivity index (χ1v) is 15.0. The molecule has 0 saturated heterocycles. The third-order valence-corrected chi connectivity index (χ3v) is 8.53. The predicted octanol–water partition coefficient (Wildman–Crippen LogP) is 4.89. The fraction of sp³-hybridized carbons (Fsp3) is 0.333. The van der Waals surface area contributed by atoms with E-state index in [-0.39, 0.29) is 23.0 Å². The van der Waals surface area contributed by atoms with Crippen LogP contribution in [0.4, 0.5) is 5.69 Å². The maximum atomic E-state index is 14.0. The molecule has 0 saturated carbocycles. The zero-order valence-corrected chi connectivity index (χ0v) is 25.2. The molecule has 0 heterocycles. The highest BCUT2D eigenvalue weighted by molar-refractivity contribution is 7.92. The Kier molecular flexibility index (Phi) is 11.4. The quantitative estimate of drug-likeness (QED) is 0.264. The Morgan fingerprint density at radius 2 is 1.63 bits per heavy atom. The van der Waals surface area contributed by atoms with Crippen molar-refractivity contribution in [2.45, 2.75) is 44.2 Å². The van der Waals surface area contributed by atoms with Crippen molar-refractivity contribution < 1.29 is 27.5 Å². The van der Waals surface area contributed by atoms with E-state index in [0.29, 0.717) is 23.1 Å². The third-order valence-electron chi connectivity index (χ3n) is 6.51. The first kappa shape index (κ1) is 31.8. The van der Waals surface area contributed by atoms with Crippen LogP contribution in [0.3, 0.4) is 0 Å². The number of carbonyl (C=O) groups is 2. The van der Waals surface area contributed by atoms with Gasteiger partial charge in [-0.05, 0) is 73.5 Å². The van der Waals surface area contributed by atoms with Crippen LogP contribution in [0.1, 0.15) is 32.3 Å². The van der Waals surface area contributed by atoms with Crippen LogP contribution in [-0.2, 0) is 26.2 Å². The van der Waals surface area contributed by atoms with E-state index >= 15 is 0 Å². The molecule has 0 unspecified atom stereocenters. The Morgan fingerprint density at radius 3 is 2.27 bits per heavy atom. The summed E-state index contributed by atoms with van der Waals surface area (Å²) in [6, 6.07) is 18.4. The van der Waals surface area contributed by atoms with E-state index in [0.717, 1.165) is 22.7 Å². The summed E-state index contributed by atoms with van der Waals surface area (Å²) in [4.78, 5) is 28.4. The molecule has 3 aromatic rings. The van der Waals surface area contributed by atoms with Gasteiger partial charge in [0.2, 0.25) is 11.8 Å². The van der Waals surface area contributed by atoms with Crippen LogP contribution in [0, 0.1) is 0 Å². The number of benzene rings is 3. The van der Waals surface area contributed by atoms with E-state index in [1.807, 2.05) is 13.0 Å². The minimum Gasteiger partial charge on any atom is -0.497 e. The van der Waals surface area contributed by atoms with Gasteiger partial charge < -0.3 is 19.7 Å². The molecule has 41 heavy (non-hydrogen) atoms. The molecule has 3 rings (SSSR count).